The van der Waals surface area contributed by atoms with Crippen molar-refractivity contribution in [1.29, 1.82) is 0 Å². The molecule has 8 heteroatoms. The lowest BCUT2D eigenvalue weighted by Crippen LogP contribution is -2.24. The number of fused-ring (bicyclic) bond motifs is 2. The van der Waals surface area contributed by atoms with Crippen LogP contribution in [0.2, 0.25) is 0 Å². The molecule has 0 unspecified atom stereocenters. The van der Waals surface area contributed by atoms with Crippen LogP contribution in [0.4, 0.5) is 5.82 Å². The zero-order chi connectivity index (χ0) is 23.1. The van der Waals surface area contributed by atoms with Crippen molar-refractivity contribution in [2.24, 2.45) is 0 Å². The highest BCUT2D eigenvalue weighted by Crippen LogP contribution is 2.30. The van der Waals surface area contributed by atoms with E-state index < -0.39 is 0 Å². The topological polar surface area (TPSA) is 81.3 Å². The molecule has 0 spiro atoms. The Bertz CT molecular complexity index is 1560. The number of carbonyl (C=O) groups excluding carboxylic acids is 1. The van der Waals surface area contributed by atoms with Gasteiger partial charge in [-0.05, 0) is 38.0 Å². The monoisotopic (exact) mass is 457 g/mol. The Balaban J connectivity index is 1.44. The first-order valence-corrected chi connectivity index (χ1v) is 11.5. The fraction of sp³-hybridized carbons (Fsp3) is 0.200. The van der Waals surface area contributed by atoms with E-state index in [-0.39, 0.29) is 24.4 Å². The molecular weight excluding hydrogens is 434 g/mol. The van der Waals surface area contributed by atoms with Crippen molar-refractivity contribution >= 4 is 38.9 Å². The molecule has 0 saturated heterocycles. The number of rotatable bonds is 5. The first kappa shape index (κ1) is 21.1. The molecule has 0 aliphatic rings. The van der Waals surface area contributed by atoms with Gasteiger partial charge in [-0.2, -0.15) is 0 Å². The number of hydrogen-bond acceptors (Lipinski definition) is 5. The van der Waals surface area contributed by atoms with Crippen molar-refractivity contribution in [2.75, 3.05) is 5.32 Å². The van der Waals surface area contributed by atoms with Gasteiger partial charge >= 0.3 is 0 Å². The van der Waals surface area contributed by atoms with Crippen LogP contribution in [0.3, 0.4) is 0 Å². The van der Waals surface area contributed by atoms with E-state index in [1.807, 2.05) is 73.8 Å². The molecule has 33 heavy (non-hydrogen) atoms. The third-order valence-corrected chi connectivity index (χ3v) is 7.00. The van der Waals surface area contributed by atoms with Gasteiger partial charge in [0.1, 0.15) is 22.0 Å². The van der Waals surface area contributed by atoms with Gasteiger partial charge < -0.3 is 5.32 Å². The molecule has 4 heterocycles. The summed E-state index contributed by atoms with van der Waals surface area (Å²) < 4.78 is 3.41. The molecule has 0 saturated carbocycles. The molecule has 5 aromatic rings. The summed E-state index contributed by atoms with van der Waals surface area (Å²) in [6.07, 6.45) is 3.56. The quantitative estimate of drug-likeness (QED) is 0.414. The molecule has 166 valence electrons. The van der Waals surface area contributed by atoms with Crippen molar-refractivity contribution < 1.29 is 4.79 Å². The number of pyridine rings is 1. The molecule has 0 bridgehead atoms. The molecule has 0 atom stereocenters. The van der Waals surface area contributed by atoms with Gasteiger partial charge in [-0.15, -0.1) is 11.3 Å². The van der Waals surface area contributed by atoms with Crippen LogP contribution in [0.5, 0.6) is 0 Å². The molecule has 7 nitrogen and oxygen atoms in total. The predicted octanol–water partition coefficient (Wildman–Crippen LogP) is 4.73. The lowest BCUT2D eigenvalue weighted by Gasteiger charge is -2.09. The summed E-state index contributed by atoms with van der Waals surface area (Å²) in [5.74, 6) is 0.427. The summed E-state index contributed by atoms with van der Waals surface area (Å²) in [5, 5.41) is 3.67. The van der Waals surface area contributed by atoms with E-state index in [0.717, 1.165) is 32.0 Å². The summed E-state index contributed by atoms with van der Waals surface area (Å²) in [7, 11) is 0. The van der Waals surface area contributed by atoms with Crippen molar-refractivity contribution in [3.63, 3.8) is 0 Å². The Kier molecular flexibility index (Phi) is 5.30. The maximum Gasteiger partial charge on any atom is 0.262 e. The molecular formula is C25H23N5O2S. The van der Waals surface area contributed by atoms with E-state index in [0.29, 0.717) is 16.9 Å². The van der Waals surface area contributed by atoms with Crippen LogP contribution in [0.15, 0.2) is 59.8 Å². The molecule has 0 fully saturated rings. The highest BCUT2D eigenvalue weighted by molar-refractivity contribution is 7.18. The zero-order valence-electron chi connectivity index (χ0n) is 18.6. The van der Waals surface area contributed by atoms with Gasteiger partial charge in [0.25, 0.3) is 5.56 Å². The van der Waals surface area contributed by atoms with Gasteiger partial charge in [-0.1, -0.05) is 36.4 Å². The summed E-state index contributed by atoms with van der Waals surface area (Å²) in [6, 6.07) is 13.7. The number of carbonyl (C=O) groups is 1. The standard InChI is InChI=1S/C25H23N5O2S/c1-15-8-7-12-30-22(15)28-21(18-9-5-4-6-10-18)23(30)27-19(31)11-13-29-14-26-24-20(25(29)32)16(2)17(3)33-24/h4-10,12,14H,11,13H2,1-3H3,(H,27,31). The van der Waals surface area contributed by atoms with E-state index in [1.165, 1.54) is 22.2 Å². The molecule has 0 aliphatic heterocycles. The second-order valence-corrected chi connectivity index (χ2v) is 9.27. The number of hydrogen-bond donors (Lipinski definition) is 1. The number of benzene rings is 1. The van der Waals surface area contributed by atoms with Gasteiger partial charge in [0.15, 0.2) is 0 Å². The van der Waals surface area contributed by atoms with Crippen LogP contribution in [0.25, 0.3) is 27.1 Å². The summed E-state index contributed by atoms with van der Waals surface area (Å²) in [5.41, 5.74) is 4.29. The second-order valence-electron chi connectivity index (χ2n) is 8.06. The largest absolute Gasteiger partial charge is 0.310 e. The number of nitrogens with one attached hydrogen (secondary N) is 1. The SMILES string of the molecule is Cc1sc2ncn(CCC(=O)Nc3c(-c4ccccc4)nc4c(C)cccn34)c(=O)c2c1C. The Morgan fingerprint density at radius 1 is 1.09 bits per heavy atom. The van der Waals surface area contributed by atoms with E-state index >= 15 is 0 Å². The maximum atomic E-state index is 13.0. The van der Waals surface area contributed by atoms with Gasteiger partial charge in [-0.3, -0.25) is 18.6 Å². The van der Waals surface area contributed by atoms with Crippen molar-refractivity contribution in [3.8, 4) is 11.3 Å². The fourth-order valence-electron chi connectivity index (χ4n) is 3.97. The number of imidazole rings is 1. The van der Waals surface area contributed by atoms with Gasteiger partial charge in [-0.25, -0.2) is 9.97 Å². The van der Waals surface area contributed by atoms with Crippen molar-refractivity contribution in [1.82, 2.24) is 18.9 Å². The van der Waals surface area contributed by atoms with E-state index in [9.17, 15) is 9.59 Å². The minimum Gasteiger partial charge on any atom is -0.310 e. The number of aryl methyl sites for hydroxylation is 4. The molecule has 0 aliphatic carbocycles. The van der Waals surface area contributed by atoms with Crippen LogP contribution in [-0.2, 0) is 11.3 Å². The number of thiophene rings is 1. The average Bonchev–Trinajstić information content (AvgIpc) is 3.32. The van der Waals surface area contributed by atoms with E-state index in [2.05, 4.69) is 10.3 Å². The number of nitrogens with zero attached hydrogens (tertiary/aromatic N) is 4. The van der Waals surface area contributed by atoms with Crippen LogP contribution < -0.4 is 10.9 Å². The third-order valence-electron chi connectivity index (χ3n) is 5.89. The molecule has 0 radical (unpaired) electrons. The van der Waals surface area contributed by atoms with Gasteiger partial charge in [0, 0.05) is 29.6 Å². The van der Waals surface area contributed by atoms with E-state index in [4.69, 9.17) is 4.98 Å². The molecule has 1 amide bonds. The van der Waals surface area contributed by atoms with Crippen LogP contribution in [-0.4, -0.2) is 24.8 Å². The first-order chi connectivity index (χ1) is 15.9. The van der Waals surface area contributed by atoms with Crippen molar-refractivity contribution in [2.45, 2.75) is 33.7 Å². The smallest absolute Gasteiger partial charge is 0.262 e. The maximum absolute atomic E-state index is 13.0. The Hall–Kier alpha value is -3.78. The van der Waals surface area contributed by atoms with E-state index in [1.54, 1.807) is 0 Å². The summed E-state index contributed by atoms with van der Waals surface area (Å²) in [4.78, 5) is 36.9. The average molecular weight is 458 g/mol. The number of anilines is 1. The Morgan fingerprint density at radius 3 is 2.67 bits per heavy atom. The Labute approximate surface area is 194 Å². The van der Waals surface area contributed by atoms with Crippen molar-refractivity contribution in [3.05, 3.63) is 81.3 Å². The normalized spacial score (nSPS) is 11.4. The molecule has 1 aromatic carbocycles. The lowest BCUT2D eigenvalue weighted by molar-refractivity contribution is -0.116. The van der Waals surface area contributed by atoms with Gasteiger partial charge in [0.2, 0.25) is 5.91 Å². The number of aromatic nitrogens is 4. The van der Waals surface area contributed by atoms with Crippen LogP contribution >= 0.6 is 11.3 Å². The lowest BCUT2D eigenvalue weighted by atomic mass is 10.1. The highest BCUT2D eigenvalue weighted by atomic mass is 32.1. The summed E-state index contributed by atoms with van der Waals surface area (Å²) >= 11 is 1.52. The molecule has 5 rings (SSSR count). The molecule has 1 N–H and O–H groups in total. The molecule has 4 aromatic heterocycles. The highest BCUT2D eigenvalue weighted by Gasteiger charge is 2.18. The predicted molar refractivity (Wildman–Crippen MR) is 132 cm³/mol. The minimum atomic E-state index is -0.194. The Morgan fingerprint density at radius 2 is 1.88 bits per heavy atom. The minimum absolute atomic E-state index is 0.106. The summed E-state index contributed by atoms with van der Waals surface area (Å²) in [6.45, 7) is 6.16. The zero-order valence-corrected chi connectivity index (χ0v) is 19.4. The van der Waals surface area contributed by atoms with Gasteiger partial charge in [0.05, 0.1) is 11.7 Å². The second kappa shape index (κ2) is 8.29. The third kappa shape index (κ3) is 3.72. The number of amides is 1. The fourth-order valence-corrected chi connectivity index (χ4v) is 4.95. The van der Waals surface area contributed by atoms with Crippen LogP contribution in [0.1, 0.15) is 22.4 Å². The first-order valence-electron chi connectivity index (χ1n) is 10.7. The van der Waals surface area contributed by atoms with Crippen LogP contribution in [0, 0.1) is 20.8 Å².